The molecule has 1 fully saturated rings. The molecule has 2 amide bonds. The molecule has 174 valence electrons. The van der Waals surface area contributed by atoms with E-state index in [1.165, 1.54) is 13.3 Å². The Balaban J connectivity index is 1.98. The normalized spacial score (nSPS) is 18.4. The van der Waals surface area contributed by atoms with Gasteiger partial charge in [-0.05, 0) is 42.7 Å². The summed E-state index contributed by atoms with van der Waals surface area (Å²) in [6, 6.07) is 9.17. The van der Waals surface area contributed by atoms with Gasteiger partial charge in [-0.1, -0.05) is 17.7 Å². The lowest BCUT2D eigenvalue weighted by Gasteiger charge is -2.65. The van der Waals surface area contributed by atoms with Crippen molar-refractivity contribution in [1.29, 1.82) is 5.26 Å². The fourth-order valence-corrected chi connectivity index (χ4v) is 5.55. The van der Waals surface area contributed by atoms with Crippen LogP contribution in [-0.2, 0) is 9.59 Å². The van der Waals surface area contributed by atoms with Crippen LogP contribution in [0.15, 0.2) is 30.6 Å². The number of nitrogen functional groups attached to an aromatic ring is 1. The van der Waals surface area contributed by atoms with E-state index in [2.05, 4.69) is 16.2 Å². The van der Waals surface area contributed by atoms with E-state index in [9.17, 15) is 14.9 Å². The average molecular weight is 485 g/mol. The van der Waals surface area contributed by atoms with Crippen LogP contribution in [0.2, 0.25) is 5.02 Å². The highest BCUT2D eigenvalue weighted by molar-refractivity contribution is 6.58. The maximum atomic E-state index is 14.0. The number of benzene rings is 1. The third-order valence-corrected chi connectivity index (χ3v) is 7.69. The third kappa shape index (κ3) is 3.34. The minimum Gasteiger partial charge on any atom is -0.382 e. The average Bonchev–Trinajstić information content (AvgIpc) is 3.09. The molecule has 3 heterocycles. The van der Waals surface area contributed by atoms with Crippen molar-refractivity contribution < 1.29 is 9.59 Å². The first kappa shape index (κ1) is 24.7. The van der Waals surface area contributed by atoms with Crippen molar-refractivity contribution in [2.24, 2.45) is 0 Å². The summed E-state index contributed by atoms with van der Waals surface area (Å²) in [6.07, 6.45) is 1.34. The van der Waals surface area contributed by atoms with Crippen LogP contribution in [0.3, 0.4) is 0 Å². The number of amides is 2. The van der Waals surface area contributed by atoms with Gasteiger partial charge in [-0.2, -0.15) is 10.4 Å². The monoisotopic (exact) mass is 485 g/mol. The first-order chi connectivity index (χ1) is 16.2. The quantitative estimate of drug-likeness (QED) is 0.433. The van der Waals surface area contributed by atoms with Crippen molar-refractivity contribution in [3.05, 3.63) is 41.2 Å². The molecule has 0 aliphatic carbocycles. The summed E-state index contributed by atoms with van der Waals surface area (Å²) in [4.78, 5) is 34.0. The van der Waals surface area contributed by atoms with Gasteiger partial charge in [0, 0.05) is 12.5 Å². The minimum atomic E-state index is -1.14. The molecule has 1 saturated heterocycles. The molecule has 0 radical (unpaired) electrons. The molecule has 3 aromatic rings. The molecule has 2 N–H and O–H groups in total. The number of hydrogen-bond acceptors (Lipinski definition) is 6. The molecule has 0 spiro atoms. The largest absolute Gasteiger partial charge is 0.382 e. The van der Waals surface area contributed by atoms with Gasteiger partial charge in [0.25, 0.3) is 5.91 Å². The summed E-state index contributed by atoms with van der Waals surface area (Å²) in [7, 11) is 7.68. The lowest BCUT2D eigenvalue weighted by molar-refractivity contribution is -0.150. The zero-order chi connectivity index (χ0) is 26.1. The van der Waals surface area contributed by atoms with Crippen molar-refractivity contribution in [1.82, 2.24) is 19.5 Å². The maximum Gasteiger partial charge on any atom is 0.251 e. The highest BCUT2D eigenvalue weighted by Gasteiger charge is 2.60. The topological polar surface area (TPSA) is 121 Å². The van der Waals surface area contributed by atoms with Crippen LogP contribution >= 0.6 is 11.6 Å². The number of rotatable bonds is 2. The molecular formula is C21H24B4ClN7O2. The number of carbonyl (C=O) groups excluding carboxylic acids is 2. The van der Waals surface area contributed by atoms with Crippen LogP contribution in [0, 0.1) is 11.3 Å². The Hall–Kier alpha value is -3.38. The highest BCUT2D eigenvalue weighted by Crippen LogP contribution is 2.43. The molecule has 0 atom stereocenters. The molecule has 1 aliphatic rings. The molecule has 35 heavy (non-hydrogen) atoms. The van der Waals surface area contributed by atoms with E-state index in [0.29, 0.717) is 33.0 Å². The maximum absolute atomic E-state index is 14.0. The van der Waals surface area contributed by atoms with Gasteiger partial charge in [0.05, 0.1) is 22.0 Å². The smallest absolute Gasteiger partial charge is 0.251 e. The van der Waals surface area contributed by atoms with Crippen molar-refractivity contribution in [3.63, 3.8) is 0 Å². The number of nitrogens with two attached hydrogens (primary N) is 1. The third-order valence-electron chi connectivity index (χ3n) is 7.41. The van der Waals surface area contributed by atoms with Crippen molar-refractivity contribution >= 4 is 71.8 Å². The molecule has 0 saturated carbocycles. The van der Waals surface area contributed by atoms with Gasteiger partial charge in [-0.25, -0.2) is 9.50 Å². The van der Waals surface area contributed by atoms with Crippen LogP contribution in [0.1, 0.15) is 26.3 Å². The number of halogens is 1. The number of nitriles is 1. The van der Waals surface area contributed by atoms with Crippen LogP contribution < -0.4 is 10.6 Å². The van der Waals surface area contributed by atoms with E-state index in [-0.39, 0.29) is 17.6 Å². The standard InChI is InChI=1S/C21H24B4ClN7O2/c1-10(34)33-19(2,3)18(35)31(20(22,23)21(33,24)25)14-6-11(4-5-12(14)8-27)15-7-13(26)16-17(28)29-9-30-32(15)16/h4-7,9H,22-25H2,1-3H3,(H2,28,29,30). The Kier molecular flexibility index (Phi) is 5.52. The lowest BCUT2D eigenvalue weighted by atomic mass is 9.35. The van der Waals surface area contributed by atoms with Gasteiger partial charge in [-0.15, -0.1) is 0 Å². The Labute approximate surface area is 212 Å². The molecule has 1 aliphatic heterocycles. The van der Waals surface area contributed by atoms with Crippen LogP contribution in [0.4, 0.5) is 11.5 Å². The summed E-state index contributed by atoms with van der Waals surface area (Å²) >= 11 is 6.43. The van der Waals surface area contributed by atoms with Crippen molar-refractivity contribution in [2.45, 2.75) is 37.0 Å². The van der Waals surface area contributed by atoms with Crippen molar-refractivity contribution in [2.75, 3.05) is 10.6 Å². The van der Waals surface area contributed by atoms with Gasteiger partial charge in [0.15, 0.2) is 5.82 Å². The highest BCUT2D eigenvalue weighted by atomic mass is 35.5. The van der Waals surface area contributed by atoms with Gasteiger partial charge in [-0.3, -0.25) is 9.59 Å². The van der Waals surface area contributed by atoms with Crippen LogP contribution in [-0.4, -0.2) is 78.9 Å². The molecule has 2 aromatic heterocycles. The zero-order valence-corrected chi connectivity index (χ0v) is 21.6. The van der Waals surface area contributed by atoms with E-state index >= 15 is 0 Å². The summed E-state index contributed by atoms with van der Waals surface area (Å²) in [5, 5.41) is 13.0. The fourth-order valence-electron chi connectivity index (χ4n) is 5.27. The molecule has 9 nitrogen and oxygen atoms in total. The number of anilines is 2. The number of fused-ring (bicyclic) bond motifs is 1. The molecule has 1 aromatic carbocycles. The van der Waals surface area contributed by atoms with Gasteiger partial charge in [0.1, 0.15) is 54.8 Å². The summed E-state index contributed by atoms with van der Waals surface area (Å²) in [6.45, 7) is 4.94. The summed E-state index contributed by atoms with van der Waals surface area (Å²) in [5.41, 5.74) is 7.44. The second kappa shape index (κ2) is 7.82. The summed E-state index contributed by atoms with van der Waals surface area (Å²) < 4.78 is 1.59. The van der Waals surface area contributed by atoms with E-state index in [4.69, 9.17) is 17.3 Å². The number of carbonyl (C=O) groups is 2. The van der Waals surface area contributed by atoms with E-state index in [0.717, 1.165) is 0 Å². The number of nitrogens with zero attached hydrogens (tertiary/aromatic N) is 6. The Morgan fingerprint density at radius 2 is 1.83 bits per heavy atom. The first-order valence-corrected chi connectivity index (χ1v) is 11.5. The number of piperazine rings is 1. The number of hydrogen-bond donors (Lipinski definition) is 1. The minimum absolute atomic E-state index is 0.193. The zero-order valence-electron chi connectivity index (χ0n) is 20.8. The molecule has 0 unspecified atom stereocenters. The SMILES string of the molecule is BC1(B)N(c2cc(-c3cc(Cl)c4c(N)ncnn34)ccc2C#N)C(=O)C(C)(C)N(C(C)=O)C1(B)B. The Morgan fingerprint density at radius 3 is 2.43 bits per heavy atom. The fraction of sp³-hybridized carbons (Fsp3) is 0.286. The van der Waals surface area contributed by atoms with E-state index < -0.39 is 16.2 Å². The van der Waals surface area contributed by atoms with E-state index in [1.807, 2.05) is 31.4 Å². The molecule has 4 rings (SSSR count). The van der Waals surface area contributed by atoms with Gasteiger partial charge >= 0.3 is 0 Å². The van der Waals surface area contributed by atoms with Gasteiger partial charge in [0.2, 0.25) is 5.91 Å². The first-order valence-electron chi connectivity index (χ1n) is 11.2. The van der Waals surface area contributed by atoms with Crippen LogP contribution in [0.5, 0.6) is 0 Å². The molecular weight excluding hydrogens is 461 g/mol. The second-order valence-corrected chi connectivity index (χ2v) is 10.7. The predicted octanol–water partition coefficient (Wildman–Crippen LogP) is -1.68. The Bertz CT molecular complexity index is 1450. The van der Waals surface area contributed by atoms with E-state index in [1.54, 1.807) is 52.4 Å². The lowest BCUT2D eigenvalue weighted by Crippen LogP contribution is -2.85. The van der Waals surface area contributed by atoms with Crippen LogP contribution in [0.25, 0.3) is 16.8 Å². The number of aromatic nitrogens is 3. The molecule has 14 heteroatoms. The second-order valence-electron chi connectivity index (χ2n) is 10.3. The summed E-state index contributed by atoms with van der Waals surface area (Å²) in [5.74, 6) is -0.234. The van der Waals surface area contributed by atoms with Crippen molar-refractivity contribution in [3.8, 4) is 17.3 Å². The van der Waals surface area contributed by atoms with Gasteiger partial charge < -0.3 is 15.5 Å². The Morgan fingerprint density at radius 1 is 1.17 bits per heavy atom. The molecule has 0 bridgehead atoms. The predicted molar refractivity (Wildman–Crippen MR) is 146 cm³/mol.